The van der Waals surface area contributed by atoms with Crippen molar-refractivity contribution in [3.8, 4) is 0 Å². The zero-order chi connectivity index (χ0) is 18.7. The van der Waals surface area contributed by atoms with Crippen LogP contribution in [0.25, 0.3) is 0 Å². The molecule has 0 aliphatic carbocycles. The molecule has 0 bridgehead atoms. The number of amides is 1. The Bertz CT molecular complexity index is 782. The number of aliphatic hydroxyl groups is 1. The van der Waals surface area contributed by atoms with Crippen molar-refractivity contribution in [3.05, 3.63) is 71.3 Å². The van der Waals surface area contributed by atoms with E-state index >= 15 is 0 Å². The van der Waals surface area contributed by atoms with Crippen LogP contribution in [0.4, 0.5) is 0 Å². The van der Waals surface area contributed by atoms with E-state index in [9.17, 15) is 9.90 Å². The topological polar surface area (TPSA) is 43.8 Å². The van der Waals surface area contributed by atoms with Crippen LogP contribution < -0.4 is 0 Å². The van der Waals surface area contributed by atoms with Gasteiger partial charge in [0.1, 0.15) is 0 Å². The molecule has 0 unspecified atom stereocenters. The number of carbonyl (C=O) groups is 1. The molecule has 2 aromatic carbocycles. The maximum Gasteiger partial charge on any atom is 0.254 e. The van der Waals surface area contributed by atoms with E-state index in [0.717, 1.165) is 51.0 Å². The highest BCUT2D eigenvalue weighted by Gasteiger charge is 2.44. The zero-order valence-electron chi connectivity index (χ0n) is 15.8. The molecule has 0 radical (unpaired) electrons. The zero-order valence-corrected chi connectivity index (χ0v) is 15.8. The number of benzene rings is 2. The number of fused-ring (bicyclic) bond motifs is 2. The molecule has 1 saturated heterocycles. The van der Waals surface area contributed by atoms with Crippen molar-refractivity contribution in [2.45, 2.75) is 24.7 Å². The van der Waals surface area contributed by atoms with Crippen molar-refractivity contribution in [1.82, 2.24) is 9.80 Å². The quantitative estimate of drug-likeness (QED) is 0.887. The number of rotatable bonds is 5. The van der Waals surface area contributed by atoms with Gasteiger partial charge in [0.25, 0.3) is 5.91 Å². The number of aliphatic hydroxyl groups excluding tert-OH is 1. The Morgan fingerprint density at radius 3 is 2.37 bits per heavy atom. The minimum Gasteiger partial charge on any atom is -0.395 e. The van der Waals surface area contributed by atoms with Crippen molar-refractivity contribution < 1.29 is 9.90 Å². The summed E-state index contributed by atoms with van der Waals surface area (Å²) in [6.45, 7) is 4.38. The molecule has 2 aliphatic heterocycles. The Morgan fingerprint density at radius 1 is 0.926 bits per heavy atom. The van der Waals surface area contributed by atoms with E-state index in [1.807, 2.05) is 17.0 Å². The summed E-state index contributed by atoms with van der Waals surface area (Å²) in [7, 11) is 0. The van der Waals surface area contributed by atoms with E-state index in [2.05, 4.69) is 47.4 Å². The highest BCUT2D eigenvalue weighted by molar-refractivity contribution is 5.97. The molecule has 4 heteroatoms. The summed E-state index contributed by atoms with van der Waals surface area (Å²) in [5.41, 5.74) is 3.46. The lowest BCUT2D eigenvalue weighted by Crippen LogP contribution is -2.55. The van der Waals surface area contributed by atoms with Crippen molar-refractivity contribution >= 4 is 5.91 Å². The normalized spacial score (nSPS) is 19.3. The van der Waals surface area contributed by atoms with Gasteiger partial charge in [-0.15, -0.1) is 0 Å². The van der Waals surface area contributed by atoms with Crippen LogP contribution in [0.3, 0.4) is 0 Å². The predicted molar refractivity (Wildman–Crippen MR) is 107 cm³/mol. The number of β-amino-alcohol motifs (C(OH)–C–C–N with tert-alkyl or cyclic N) is 1. The Kier molecular flexibility index (Phi) is 5.28. The van der Waals surface area contributed by atoms with Gasteiger partial charge in [-0.2, -0.15) is 0 Å². The van der Waals surface area contributed by atoms with E-state index in [-0.39, 0.29) is 17.9 Å². The first-order valence-electron chi connectivity index (χ1n) is 9.98. The second-order valence-corrected chi connectivity index (χ2v) is 7.85. The van der Waals surface area contributed by atoms with Gasteiger partial charge in [-0.1, -0.05) is 48.5 Å². The number of nitrogens with zero attached hydrogens (tertiary/aromatic N) is 2. The third-order valence-electron chi connectivity index (χ3n) is 6.25. The molecule has 27 heavy (non-hydrogen) atoms. The van der Waals surface area contributed by atoms with Gasteiger partial charge in [0.15, 0.2) is 0 Å². The fourth-order valence-electron chi connectivity index (χ4n) is 4.69. The first kappa shape index (κ1) is 18.2. The molecule has 142 valence electrons. The number of likely N-dealkylation sites (tertiary alicyclic amines) is 1. The van der Waals surface area contributed by atoms with Crippen molar-refractivity contribution in [3.63, 3.8) is 0 Å². The fraction of sp³-hybridized carbons (Fsp3) is 0.435. The predicted octanol–water partition coefficient (Wildman–Crippen LogP) is 2.71. The lowest BCUT2D eigenvalue weighted by Gasteiger charge is -2.48. The summed E-state index contributed by atoms with van der Waals surface area (Å²) in [4.78, 5) is 17.2. The van der Waals surface area contributed by atoms with Gasteiger partial charge in [-0.05, 0) is 49.5 Å². The van der Waals surface area contributed by atoms with Gasteiger partial charge in [-0.3, -0.25) is 4.79 Å². The maximum absolute atomic E-state index is 12.8. The van der Waals surface area contributed by atoms with Crippen LogP contribution >= 0.6 is 0 Å². The van der Waals surface area contributed by atoms with E-state index in [1.54, 1.807) is 0 Å². The second kappa shape index (κ2) is 7.83. The van der Waals surface area contributed by atoms with Crippen molar-refractivity contribution in [2.24, 2.45) is 0 Å². The van der Waals surface area contributed by atoms with Crippen LogP contribution in [0.2, 0.25) is 0 Å². The molecule has 2 aromatic rings. The third-order valence-corrected chi connectivity index (χ3v) is 6.25. The molecule has 0 aromatic heterocycles. The number of piperidine rings is 1. The SMILES string of the molecule is O=C1c2ccccc2C2(CCN(CCc3ccccc3)CC2)CN1CCO. The van der Waals surface area contributed by atoms with E-state index < -0.39 is 0 Å². The van der Waals surface area contributed by atoms with Crippen LogP contribution in [-0.2, 0) is 11.8 Å². The van der Waals surface area contributed by atoms with Gasteiger partial charge in [0.05, 0.1) is 6.61 Å². The van der Waals surface area contributed by atoms with Crippen molar-refractivity contribution in [2.75, 3.05) is 39.3 Å². The van der Waals surface area contributed by atoms with E-state index in [1.165, 1.54) is 11.1 Å². The van der Waals surface area contributed by atoms with E-state index in [0.29, 0.717) is 6.54 Å². The molecule has 1 N–H and O–H groups in total. The summed E-state index contributed by atoms with van der Waals surface area (Å²) in [6.07, 6.45) is 3.21. The summed E-state index contributed by atoms with van der Waals surface area (Å²) in [6, 6.07) is 18.8. The first-order chi connectivity index (χ1) is 13.2. The number of hydrogen-bond acceptors (Lipinski definition) is 3. The molecule has 2 heterocycles. The largest absolute Gasteiger partial charge is 0.395 e. The molecular weight excluding hydrogens is 336 g/mol. The Labute approximate surface area is 161 Å². The van der Waals surface area contributed by atoms with Crippen LogP contribution in [0.1, 0.15) is 34.3 Å². The molecule has 4 rings (SSSR count). The molecule has 4 nitrogen and oxygen atoms in total. The highest BCUT2D eigenvalue weighted by Crippen LogP contribution is 2.41. The van der Waals surface area contributed by atoms with Crippen LogP contribution in [0.15, 0.2) is 54.6 Å². The molecule has 0 saturated carbocycles. The molecule has 1 amide bonds. The average Bonchev–Trinajstić information content (AvgIpc) is 2.72. The molecule has 1 spiro atoms. The average molecular weight is 364 g/mol. The second-order valence-electron chi connectivity index (χ2n) is 7.85. The summed E-state index contributed by atoms with van der Waals surface area (Å²) in [5.74, 6) is 0.0665. The smallest absolute Gasteiger partial charge is 0.254 e. The Balaban J connectivity index is 1.47. The maximum atomic E-state index is 12.8. The number of hydrogen-bond donors (Lipinski definition) is 1. The highest BCUT2D eigenvalue weighted by atomic mass is 16.3. The summed E-state index contributed by atoms with van der Waals surface area (Å²) < 4.78 is 0. The van der Waals surface area contributed by atoms with Crippen LogP contribution in [0, 0.1) is 0 Å². The van der Waals surface area contributed by atoms with E-state index in [4.69, 9.17) is 0 Å². The summed E-state index contributed by atoms with van der Waals surface area (Å²) >= 11 is 0. The van der Waals surface area contributed by atoms with Crippen molar-refractivity contribution in [1.29, 1.82) is 0 Å². The van der Waals surface area contributed by atoms with Gasteiger partial charge < -0.3 is 14.9 Å². The monoisotopic (exact) mass is 364 g/mol. The summed E-state index contributed by atoms with van der Waals surface area (Å²) in [5, 5.41) is 9.39. The molecule has 2 aliphatic rings. The standard InChI is InChI=1S/C23H28N2O2/c26-17-16-25-18-23(21-9-5-4-8-20(21)22(25)27)11-14-24(15-12-23)13-10-19-6-2-1-3-7-19/h1-9,26H,10-18H2. The van der Waals surface area contributed by atoms with Crippen LogP contribution in [-0.4, -0.2) is 60.1 Å². The van der Waals surface area contributed by atoms with Crippen LogP contribution in [0.5, 0.6) is 0 Å². The molecule has 1 fully saturated rings. The lowest BCUT2D eigenvalue weighted by atomic mass is 9.68. The van der Waals surface area contributed by atoms with Gasteiger partial charge in [0.2, 0.25) is 0 Å². The minimum absolute atomic E-state index is 0.0210. The lowest BCUT2D eigenvalue weighted by molar-refractivity contribution is 0.0539. The Hall–Kier alpha value is -2.17. The van der Waals surface area contributed by atoms with Gasteiger partial charge >= 0.3 is 0 Å². The van der Waals surface area contributed by atoms with Gasteiger partial charge in [-0.25, -0.2) is 0 Å². The number of carbonyl (C=O) groups excluding carboxylic acids is 1. The van der Waals surface area contributed by atoms with Gasteiger partial charge in [0, 0.05) is 30.6 Å². The minimum atomic E-state index is 0.0210. The first-order valence-corrected chi connectivity index (χ1v) is 9.98. The Morgan fingerprint density at radius 2 is 1.63 bits per heavy atom. The molecule has 0 atom stereocenters. The fourth-order valence-corrected chi connectivity index (χ4v) is 4.69. The molecular formula is C23H28N2O2. The third kappa shape index (κ3) is 3.64.